The van der Waals surface area contributed by atoms with E-state index in [0.717, 1.165) is 19.3 Å². The molecule has 31 heavy (non-hydrogen) atoms. The summed E-state index contributed by atoms with van der Waals surface area (Å²) in [5.41, 5.74) is 6.01. The predicted octanol–water partition coefficient (Wildman–Crippen LogP) is 3.30. The van der Waals surface area contributed by atoms with Gasteiger partial charge in [-0.3, -0.25) is 19.6 Å². The Kier molecular flexibility index (Phi) is 5.97. The zero-order valence-electron chi connectivity index (χ0n) is 17.3. The summed E-state index contributed by atoms with van der Waals surface area (Å²) in [6.45, 7) is 0. The maximum Gasteiger partial charge on any atom is 0.250 e. The molecule has 2 amide bonds. The van der Waals surface area contributed by atoms with Crippen molar-refractivity contribution in [3.63, 3.8) is 0 Å². The van der Waals surface area contributed by atoms with Gasteiger partial charge in [0, 0.05) is 11.4 Å². The van der Waals surface area contributed by atoms with Gasteiger partial charge in [-0.15, -0.1) is 5.10 Å². The van der Waals surface area contributed by atoms with Crippen molar-refractivity contribution >= 4 is 29.1 Å². The number of hydrogen-bond acceptors (Lipinski definition) is 5. The number of carbonyl (C=O) groups is 2. The van der Waals surface area contributed by atoms with Crippen molar-refractivity contribution in [2.45, 2.75) is 44.1 Å². The van der Waals surface area contributed by atoms with E-state index in [-0.39, 0.29) is 24.2 Å². The third-order valence-electron chi connectivity index (χ3n) is 5.69. The molecule has 0 bridgehead atoms. The molecular weight excluding hydrogens is 392 g/mol. The predicted molar refractivity (Wildman–Crippen MR) is 119 cm³/mol. The van der Waals surface area contributed by atoms with E-state index in [2.05, 4.69) is 20.5 Å². The lowest BCUT2D eigenvalue weighted by molar-refractivity contribution is -0.128. The van der Waals surface area contributed by atoms with Crippen LogP contribution in [0.3, 0.4) is 0 Å². The summed E-state index contributed by atoms with van der Waals surface area (Å²) in [6, 6.07) is 18.7. The van der Waals surface area contributed by atoms with Gasteiger partial charge in [0.1, 0.15) is 11.4 Å². The molecule has 8 heteroatoms. The third kappa shape index (κ3) is 4.42. The summed E-state index contributed by atoms with van der Waals surface area (Å²) in [5, 5.41) is 9.54. The summed E-state index contributed by atoms with van der Waals surface area (Å²) in [4.78, 5) is 33.0. The van der Waals surface area contributed by atoms with Crippen LogP contribution in [0.4, 0.5) is 17.3 Å². The number of aromatic nitrogens is 3. The average molecular weight is 419 g/mol. The molecule has 160 valence electrons. The van der Waals surface area contributed by atoms with Crippen LogP contribution in [-0.2, 0) is 16.0 Å². The average Bonchev–Trinajstić information content (AvgIpc) is 3.20. The number of hydrogen-bond donors (Lipinski definition) is 3. The minimum Gasteiger partial charge on any atom is -0.367 e. The van der Waals surface area contributed by atoms with Crippen LogP contribution in [0, 0.1) is 0 Å². The van der Waals surface area contributed by atoms with E-state index in [1.807, 2.05) is 60.7 Å². The summed E-state index contributed by atoms with van der Waals surface area (Å²) < 4.78 is 0. The van der Waals surface area contributed by atoms with Gasteiger partial charge in [-0.05, 0) is 37.1 Å². The summed E-state index contributed by atoms with van der Waals surface area (Å²) in [7, 11) is 0. The second kappa shape index (κ2) is 8.99. The summed E-state index contributed by atoms with van der Waals surface area (Å²) in [6.07, 6.45) is 3.92. The highest BCUT2D eigenvalue weighted by Gasteiger charge is 2.47. The van der Waals surface area contributed by atoms with Gasteiger partial charge in [0.15, 0.2) is 0 Å². The van der Waals surface area contributed by atoms with Crippen LogP contribution in [0.5, 0.6) is 0 Å². The largest absolute Gasteiger partial charge is 0.367 e. The molecule has 1 aliphatic rings. The standard InChI is InChI=1S/C23H26N6O2/c24-22-26-19(27-28-22)16-20(30)29(18-12-6-2-7-13-18)23(14-8-3-9-15-23)21(31)25-17-10-4-1-5-11-17/h1-2,4-7,10-13H,3,8-9,14-16H2,(H,25,31)(H3,24,26,27,28). The molecule has 0 radical (unpaired) electrons. The number of nitrogens with one attached hydrogen (secondary N) is 2. The van der Waals surface area contributed by atoms with Crippen molar-refractivity contribution in [2.24, 2.45) is 0 Å². The first-order valence-corrected chi connectivity index (χ1v) is 10.5. The van der Waals surface area contributed by atoms with Gasteiger partial charge >= 0.3 is 0 Å². The van der Waals surface area contributed by atoms with E-state index < -0.39 is 5.54 Å². The molecule has 0 saturated heterocycles. The lowest BCUT2D eigenvalue weighted by Crippen LogP contribution is -2.61. The number of aromatic amines is 1. The molecule has 8 nitrogen and oxygen atoms in total. The quantitative estimate of drug-likeness (QED) is 0.568. The highest BCUT2D eigenvalue weighted by Crippen LogP contribution is 2.38. The van der Waals surface area contributed by atoms with Gasteiger partial charge in [0.2, 0.25) is 11.9 Å². The second-order valence-corrected chi connectivity index (χ2v) is 7.79. The highest BCUT2D eigenvalue weighted by molar-refractivity contribution is 6.08. The number of para-hydroxylation sites is 2. The van der Waals surface area contributed by atoms with Crippen molar-refractivity contribution in [2.75, 3.05) is 16.0 Å². The number of amides is 2. The molecule has 0 unspecified atom stereocenters. The number of H-pyrrole nitrogens is 1. The van der Waals surface area contributed by atoms with E-state index >= 15 is 0 Å². The Morgan fingerprint density at radius 1 is 1.00 bits per heavy atom. The maximum atomic E-state index is 13.7. The van der Waals surface area contributed by atoms with Gasteiger partial charge in [0.05, 0.1) is 6.42 Å². The minimum absolute atomic E-state index is 0.0283. The van der Waals surface area contributed by atoms with E-state index in [0.29, 0.717) is 30.0 Å². The zero-order valence-corrected chi connectivity index (χ0v) is 17.3. The molecule has 0 spiro atoms. The zero-order chi connectivity index (χ0) is 21.7. The van der Waals surface area contributed by atoms with Crippen LogP contribution >= 0.6 is 0 Å². The molecule has 1 fully saturated rings. The smallest absolute Gasteiger partial charge is 0.250 e. The van der Waals surface area contributed by atoms with Crippen LogP contribution in [0.2, 0.25) is 0 Å². The molecular formula is C23H26N6O2. The van der Waals surface area contributed by atoms with E-state index in [1.54, 1.807) is 4.90 Å². The lowest BCUT2D eigenvalue weighted by Gasteiger charge is -2.45. The van der Waals surface area contributed by atoms with Crippen LogP contribution in [0.15, 0.2) is 60.7 Å². The first-order valence-electron chi connectivity index (χ1n) is 10.5. The fourth-order valence-corrected chi connectivity index (χ4v) is 4.28. The Bertz CT molecular complexity index is 1030. The van der Waals surface area contributed by atoms with Crippen LogP contribution in [0.25, 0.3) is 0 Å². The number of benzene rings is 2. The summed E-state index contributed by atoms with van der Waals surface area (Å²) in [5.74, 6) is 0.0567. The van der Waals surface area contributed by atoms with Crippen LogP contribution in [0.1, 0.15) is 37.9 Å². The number of nitrogen functional groups attached to an aromatic ring is 1. The van der Waals surface area contributed by atoms with Gasteiger partial charge in [0.25, 0.3) is 5.91 Å². The number of carbonyl (C=O) groups excluding carboxylic acids is 2. The van der Waals surface area contributed by atoms with Crippen molar-refractivity contribution in [3.05, 3.63) is 66.5 Å². The summed E-state index contributed by atoms with van der Waals surface area (Å²) >= 11 is 0. The molecule has 1 heterocycles. The van der Waals surface area contributed by atoms with Crippen LogP contribution in [-0.4, -0.2) is 32.5 Å². The van der Waals surface area contributed by atoms with Crippen molar-refractivity contribution in [1.29, 1.82) is 0 Å². The third-order valence-corrected chi connectivity index (χ3v) is 5.69. The maximum absolute atomic E-state index is 13.7. The van der Waals surface area contributed by atoms with Gasteiger partial charge in [-0.25, -0.2) is 0 Å². The van der Waals surface area contributed by atoms with Gasteiger partial charge < -0.3 is 11.1 Å². The van der Waals surface area contributed by atoms with Crippen molar-refractivity contribution in [1.82, 2.24) is 15.2 Å². The van der Waals surface area contributed by atoms with Crippen molar-refractivity contribution in [3.8, 4) is 0 Å². The Hall–Kier alpha value is -3.68. The second-order valence-electron chi connectivity index (χ2n) is 7.79. The molecule has 0 aliphatic heterocycles. The fraction of sp³-hybridized carbons (Fsp3) is 0.304. The lowest BCUT2D eigenvalue weighted by atomic mass is 9.78. The van der Waals surface area contributed by atoms with Crippen molar-refractivity contribution < 1.29 is 9.59 Å². The van der Waals surface area contributed by atoms with Gasteiger partial charge in [-0.1, -0.05) is 55.7 Å². The molecule has 1 aliphatic carbocycles. The topological polar surface area (TPSA) is 117 Å². The molecule has 4 rings (SSSR count). The van der Waals surface area contributed by atoms with Gasteiger partial charge in [-0.2, -0.15) is 4.98 Å². The fourth-order valence-electron chi connectivity index (χ4n) is 4.28. The Morgan fingerprint density at radius 3 is 2.26 bits per heavy atom. The Balaban J connectivity index is 1.73. The first kappa shape index (κ1) is 20.6. The SMILES string of the molecule is Nc1n[nH]c(CC(=O)N(c2ccccc2)C2(C(=O)Nc3ccccc3)CCCCC2)n1. The molecule has 1 saturated carbocycles. The minimum atomic E-state index is -0.988. The Morgan fingerprint density at radius 2 is 1.65 bits per heavy atom. The number of nitrogens with two attached hydrogens (primary N) is 1. The van der Waals surface area contributed by atoms with E-state index in [4.69, 9.17) is 5.73 Å². The van der Waals surface area contributed by atoms with E-state index in [1.165, 1.54) is 0 Å². The molecule has 0 atom stereocenters. The number of nitrogens with zero attached hydrogens (tertiary/aromatic N) is 3. The number of rotatable bonds is 6. The normalized spacial score (nSPS) is 15.2. The Labute approximate surface area is 180 Å². The first-order chi connectivity index (χ1) is 15.1. The molecule has 4 N–H and O–H groups in total. The molecule has 2 aromatic carbocycles. The highest BCUT2D eigenvalue weighted by atomic mass is 16.2. The molecule has 1 aromatic heterocycles. The number of anilines is 3. The van der Waals surface area contributed by atoms with E-state index in [9.17, 15) is 9.59 Å². The monoisotopic (exact) mass is 418 g/mol. The molecule has 3 aromatic rings. The van der Waals surface area contributed by atoms with Crippen LogP contribution < -0.4 is 16.0 Å².